The van der Waals surface area contributed by atoms with Crippen molar-refractivity contribution in [3.63, 3.8) is 0 Å². The van der Waals surface area contributed by atoms with E-state index in [1.54, 1.807) is 0 Å². The van der Waals surface area contributed by atoms with E-state index in [1.807, 2.05) is 43.0 Å². The first-order valence-corrected chi connectivity index (χ1v) is 14.2. The number of nitrogens with zero attached hydrogens (tertiary/aromatic N) is 2. The quantitative estimate of drug-likeness (QED) is 0.277. The third kappa shape index (κ3) is 8.26. The number of carbonyl (C=O) groups excluding carboxylic acids is 1. The molecule has 0 aromatic heterocycles. The van der Waals surface area contributed by atoms with Gasteiger partial charge >= 0.3 is 6.03 Å². The predicted molar refractivity (Wildman–Crippen MR) is 156 cm³/mol. The number of fused-ring (bicyclic) bond motifs is 1. The van der Waals surface area contributed by atoms with Gasteiger partial charge < -0.3 is 24.4 Å². The van der Waals surface area contributed by atoms with Crippen molar-refractivity contribution in [3.8, 4) is 0 Å². The van der Waals surface area contributed by atoms with Gasteiger partial charge in [-0.2, -0.15) is 0 Å². The van der Waals surface area contributed by atoms with Gasteiger partial charge in [-0.05, 0) is 49.1 Å². The summed E-state index contributed by atoms with van der Waals surface area (Å²) < 4.78 is 17.0. The standard InChI is InChI=1S/C32H43N3O4/c1-4-38-31(39-5-2)28-16-14-26(15-17-28)24-35(19-9-18-34-20-22-37-23-21-34)32(36)33-25(3)29-13-8-11-27-10-6-7-12-30(27)29/h6-8,10-17,25,31H,4-5,9,18-24H2,1-3H3,(H,33,36). The summed E-state index contributed by atoms with van der Waals surface area (Å²) in [5.41, 5.74) is 3.18. The normalized spacial score (nSPS) is 15.0. The molecule has 4 rings (SSSR count). The van der Waals surface area contributed by atoms with Gasteiger partial charge in [-0.15, -0.1) is 0 Å². The van der Waals surface area contributed by atoms with Crippen LogP contribution in [0.2, 0.25) is 0 Å². The molecule has 1 N–H and O–H groups in total. The lowest BCUT2D eigenvalue weighted by molar-refractivity contribution is -0.140. The lowest BCUT2D eigenvalue weighted by Gasteiger charge is -2.29. The lowest BCUT2D eigenvalue weighted by Crippen LogP contribution is -2.43. The highest BCUT2D eigenvalue weighted by molar-refractivity contribution is 5.86. The van der Waals surface area contributed by atoms with E-state index in [4.69, 9.17) is 14.2 Å². The fourth-order valence-corrected chi connectivity index (χ4v) is 5.09. The van der Waals surface area contributed by atoms with Crippen LogP contribution in [0.5, 0.6) is 0 Å². The summed E-state index contributed by atoms with van der Waals surface area (Å²) in [6, 6.07) is 22.6. The van der Waals surface area contributed by atoms with E-state index < -0.39 is 0 Å². The van der Waals surface area contributed by atoms with E-state index in [1.165, 1.54) is 10.8 Å². The molecule has 0 bridgehead atoms. The molecule has 1 fully saturated rings. The molecule has 7 nitrogen and oxygen atoms in total. The molecular weight excluding hydrogens is 490 g/mol. The molecule has 39 heavy (non-hydrogen) atoms. The molecular formula is C32H43N3O4. The Labute approximate surface area is 233 Å². The average molecular weight is 534 g/mol. The molecule has 3 aromatic rings. The third-order valence-corrected chi connectivity index (χ3v) is 7.18. The molecule has 0 spiro atoms. The van der Waals surface area contributed by atoms with E-state index in [-0.39, 0.29) is 18.4 Å². The number of morpholine rings is 1. The molecule has 1 heterocycles. The van der Waals surface area contributed by atoms with Crippen molar-refractivity contribution in [2.45, 2.75) is 46.1 Å². The number of rotatable bonds is 13. The molecule has 1 aliphatic rings. The van der Waals surface area contributed by atoms with Crippen molar-refractivity contribution >= 4 is 16.8 Å². The zero-order valence-electron chi connectivity index (χ0n) is 23.6. The number of nitrogens with one attached hydrogen (secondary N) is 1. The van der Waals surface area contributed by atoms with Crippen LogP contribution in [0.15, 0.2) is 66.7 Å². The van der Waals surface area contributed by atoms with Gasteiger partial charge in [0, 0.05) is 51.5 Å². The first-order chi connectivity index (χ1) is 19.1. The van der Waals surface area contributed by atoms with Gasteiger partial charge in [-0.25, -0.2) is 4.79 Å². The molecule has 1 saturated heterocycles. The van der Waals surface area contributed by atoms with E-state index in [0.717, 1.165) is 56.0 Å². The van der Waals surface area contributed by atoms with Crippen molar-refractivity contribution in [3.05, 3.63) is 83.4 Å². The van der Waals surface area contributed by atoms with Gasteiger partial charge in [0.1, 0.15) is 0 Å². The Balaban J connectivity index is 1.45. The minimum Gasteiger partial charge on any atom is -0.379 e. The summed E-state index contributed by atoms with van der Waals surface area (Å²) in [4.78, 5) is 18.0. The van der Waals surface area contributed by atoms with Crippen LogP contribution in [-0.2, 0) is 20.8 Å². The van der Waals surface area contributed by atoms with Crippen LogP contribution in [0.1, 0.15) is 56.2 Å². The number of hydrogen-bond donors (Lipinski definition) is 1. The first-order valence-electron chi connectivity index (χ1n) is 14.2. The highest BCUT2D eigenvalue weighted by atomic mass is 16.7. The molecule has 0 aliphatic carbocycles. The van der Waals surface area contributed by atoms with E-state index in [0.29, 0.717) is 26.3 Å². The van der Waals surface area contributed by atoms with Gasteiger partial charge in [0.15, 0.2) is 6.29 Å². The van der Waals surface area contributed by atoms with Crippen LogP contribution in [0.4, 0.5) is 4.79 Å². The summed E-state index contributed by atoms with van der Waals surface area (Å²) in [7, 11) is 0. The van der Waals surface area contributed by atoms with Gasteiger partial charge in [-0.3, -0.25) is 4.90 Å². The number of amides is 2. The molecule has 7 heteroatoms. The van der Waals surface area contributed by atoms with Gasteiger partial charge in [0.2, 0.25) is 0 Å². The number of hydrogen-bond acceptors (Lipinski definition) is 5. The van der Waals surface area contributed by atoms with E-state index in [9.17, 15) is 4.79 Å². The van der Waals surface area contributed by atoms with Gasteiger partial charge in [-0.1, -0.05) is 66.7 Å². The van der Waals surface area contributed by atoms with E-state index in [2.05, 4.69) is 59.6 Å². The SMILES string of the molecule is CCOC(OCC)c1ccc(CN(CCCN2CCOCC2)C(=O)NC(C)c2cccc3ccccc23)cc1. The van der Waals surface area contributed by atoms with Crippen molar-refractivity contribution < 1.29 is 19.0 Å². The summed E-state index contributed by atoms with van der Waals surface area (Å²) in [5.74, 6) is 0. The average Bonchev–Trinajstić information content (AvgIpc) is 2.97. The van der Waals surface area contributed by atoms with Crippen LogP contribution in [0.25, 0.3) is 10.8 Å². The highest BCUT2D eigenvalue weighted by Gasteiger charge is 2.20. The smallest absolute Gasteiger partial charge is 0.318 e. The molecule has 0 radical (unpaired) electrons. The molecule has 3 aromatic carbocycles. The fraction of sp³-hybridized carbons (Fsp3) is 0.469. The van der Waals surface area contributed by atoms with Crippen molar-refractivity contribution in [1.29, 1.82) is 0 Å². The second-order valence-corrected chi connectivity index (χ2v) is 9.95. The number of carbonyl (C=O) groups is 1. The Bertz CT molecular complexity index is 1150. The maximum absolute atomic E-state index is 13.6. The fourth-order valence-electron chi connectivity index (χ4n) is 5.09. The van der Waals surface area contributed by atoms with Crippen LogP contribution < -0.4 is 5.32 Å². The molecule has 1 aliphatic heterocycles. The number of urea groups is 1. The maximum Gasteiger partial charge on any atom is 0.318 e. The molecule has 0 saturated carbocycles. The Morgan fingerprint density at radius 1 is 0.974 bits per heavy atom. The van der Waals surface area contributed by atoms with Crippen LogP contribution in [0, 0.1) is 0 Å². The number of ether oxygens (including phenoxy) is 3. The Morgan fingerprint density at radius 2 is 1.67 bits per heavy atom. The second-order valence-electron chi connectivity index (χ2n) is 9.95. The summed E-state index contributed by atoms with van der Waals surface area (Å²) in [6.07, 6.45) is 0.536. The lowest BCUT2D eigenvalue weighted by atomic mass is 10.00. The van der Waals surface area contributed by atoms with Crippen molar-refractivity contribution in [2.24, 2.45) is 0 Å². The number of benzene rings is 3. The van der Waals surface area contributed by atoms with Crippen LogP contribution in [0.3, 0.4) is 0 Å². The van der Waals surface area contributed by atoms with Gasteiger partial charge in [0.05, 0.1) is 19.3 Å². The molecule has 210 valence electrons. The molecule has 1 unspecified atom stereocenters. The first kappa shape index (κ1) is 29.0. The summed E-state index contributed by atoms with van der Waals surface area (Å²) in [6.45, 7) is 12.8. The molecule has 1 atom stereocenters. The molecule has 2 amide bonds. The topological polar surface area (TPSA) is 63.3 Å². The maximum atomic E-state index is 13.6. The Morgan fingerprint density at radius 3 is 2.38 bits per heavy atom. The zero-order valence-corrected chi connectivity index (χ0v) is 23.6. The largest absolute Gasteiger partial charge is 0.379 e. The third-order valence-electron chi connectivity index (χ3n) is 7.18. The zero-order chi connectivity index (χ0) is 27.5. The summed E-state index contributed by atoms with van der Waals surface area (Å²) in [5, 5.41) is 5.62. The van der Waals surface area contributed by atoms with Crippen molar-refractivity contribution in [2.75, 3.05) is 52.6 Å². The predicted octanol–water partition coefficient (Wildman–Crippen LogP) is 5.91. The summed E-state index contributed by atoms with van der Waals surface area (Å²) >= 11 is 0. The van der Waals surface area contributed by atoms with E-state index >= 15 is 0 Å². The minimum atomic E-state index is -0.372. The Hall–Kier alpha value is -2.97. The Kier molecular flexibility index (Phi) is 11.2. The van der Waals surface area contributed by atoms with Gasteiger partial charge in [0.25, 0.3) is 0 Å². The highest BCUT2D eigenvalue weighted by Crippen LogP contribution is 2.25. The van der Waals surface area contributed by atoms with Crippen molar-refractivity contribution in [1.82, 2.24) is 15.1 Å². The minimum absolute atomic E-state index is 0.0528. The van der Waals surface area contributed by atoms with Crippen LogP contribution in [-0.4, -0.2) is 68.4 Å². The van der Waals surface area contributed by atoms with Crippen LogP contribution >= 0.6 is 0 Å². The monoisotopic (exact) mass is 533 g/mol. The second kappa shape index (κ2) is 15.0.